The van der Waals surface area contributed by atoms with E-state index in [2.05, 4.69) is 22.1 Å². The van der Waals surface area contributed by atoms with Gasteiger partial charge >= 0.3 is 0 Å². The zero-order chi connectivity index (χ0) is 14.2. The number of nitrogens with zero attached hydrogens (tertiary/aromatic N) is 1. The molecule has 0 radical (unpaired) electrons. The van der Waals surface area contributed by atoms with Gasteiger partial charge < -0.3 is 15.2 Å². The highest BCUT2D eigenvalue weighted by molar-refractivity contribution is 7.16. The average Bonchev–Trinajstić information content (AvgIpc) is 3.08. The number of hydrogen-bond acceptors (Lipinski definition) is 5. The van der Waals surface area contributed by atoms with Crippen molar-refractivity contribution in [2.75, 3.05) is 18.5 Å². The van der Waals surface area contributed by atoms with Gasteiger partial charge in [0.1, 0.15) is 0 Å². The number of ether oxygens (including phenoxy) is 1. The minimum Gasteiger partial charge on any atom is -0.395 e. The number of hydrogen-bond donors (Lipinski definition) is 2. The van der Waals surface area contributed by atoms with Gasteiger partial charge in [0.05, 0.1) is 23.8 Å². The molecule has 0 aromatic carbocycles. The van der Waals surface area contributed by atoms with E-state index in [4.69, 9.17) is 9.84 Å². The van der Waals surface area contributed by atoms with Gasteiger partial charge in [-0.2, -0.15) is 0 Å². The highest BCUT2D eigenvalue weighted by Gasteiger charge is 2.17. The fourth-order valence-corrected chi connectivity index (χ4v) is 2.65. The minimum absolute atomic E-state index is 0.0373. The van der Waals surface area contributed by atoms with Crippen LogP contribution in [0.5, 0.6) is 0 Å². The molecule has 1 amide bonds. The number of rotatable bonds is 5. The van der Waals surface area contributed by atoms with Crippen LogP contribution in [0.4, 0.5) is 5.13 Å². The number of thiazole rings is 1. The van der Waals surface area contributed by atoms with Crippen LogP contribution in [-0.4, -0.2) is 35.3 Å². The summed E-state index contributed by atoms with van der Waals surface area (Å²) in [5.74, 6) is 5.67. The van der Waals surface area contributed by atoms with Crippen LogP contribution in [0.2, 0.25) is 0 Å². The van der Waals surface area contributed by atoms with Crippen molar-refractivity contribution in [1.82, 2.24) is 4.98 Å². The van der Waals surface area contributed by atoms with Crippen LogP contribution in [0.15, 0.2) is 6.20 Å². The maximum absolute atomic E-state index is 11.8. The second-order valence-electron chi connectivity index (χ2n) is 4.53. The monoisotopic (exact) mass is 294 g/mol. The Balaban J connectivity index is 1.75. The molecule has 1 aromatic rings. The fraction of sp³-hybridized carbons (Fsp3) is 0.571. The lowest BCUT2D eigenvalue weighted by Crippen LogP contribution is -2.15. The van der Waals surface area contributed by atoms with Crippen LogP contribution in [0, 0.1) is 11.8 Å². The SMILES string of the molecule is O=C(CCC1CCCO1)Nc1ncc(C#CCCO)s1. The van der Waals surface area contributed by atoms with E-state index in [1.807, 2.05) is 0 Å². The van der Waals surface area contributed by atoms with Crippen LogP contribution < -0.4 is 5.32 Å². The summed E-state index contributed by atoms with van der Waals surface area (Å²) < 4.78 is 5.48. The molecule has 2 N–H and O–H groups in total. The molecule has 1 aliphatic heterocycles. The maximum atomic E-state index is 11.8. The van der Waals surface area contributed by atoms with Crippen molar-refractivity contribution in [3.05, 3.63) is 11.1 Å². The normalized spacial score (nSPS) is 17.6. The molecule has 1 saturated heterocycles. The smallest absolute Gasteiger partial charge is 0.226 e. The molecule has 0 aliphatic carbocycles. The topological polar surface area (TPSA) is 71.5 Å². The van der Waals surface area contributed by atoms with Crippen LogP contribution in [0.1, 0.15) is 37.0 Å². The molecule has 1 atom stereocenters. The van der Waals surface area contributed by atoms with Gasteiger partial charge in [-0.25, -0.2) is 4.98 Å². The van der Waals surface area contributed by atoms with Gasteiger partial charge in [-0.15, -0.1) is 0 Å². The predicted octanol–water partition coefficient (Wildman–Crippen LogP) is 1.77. The Morgan fingerprint density at radius 2 is 2.55 bits per heavy atom. The molecule has 5 nitrogen and oxygen atoms in total. The van der Waals surface area contributed by atoms with E-state index in [1.165, 1.54) is 11.3 Å². The van der Waals surface area contributed by atoms with E-state index in [1.54, 1.807) is 6.20 Å². The molecule has 0 bridgehead atoms. The van der Waals surface area contributed by atoms with E-state index >= 15 is 0 Å². The first-order valence-electron chi connectivity index (χ1n) is 6.75. The Morgan fingerprint density at radius 1 is 1.65 bits per heavy atom. The third-order valence-corrected chi connectivity index (χ3v) is 3.75. The second-order valence-corrected chi connectivity index (χ2v) is 5.56. The molecule has 2 heterocycles. The van der Waals surface area contributed by atoms with Crippen LogP contribution in [0.25, 0.3) is 0 Å². The van der Waals surface area contributed by atoms with Crippen LogP contribution >= 0.6 is 11.3 Å². The first-order chi connectivity index (χ1) is 9.78. The molecular weight excluding hydrogens is 276 g/mol. The van der Waals surface area contributed by atoms with E-state index in [9.17, 15) is 4.79 Å². The highest BCUT2D eigenvalue weighted by atomic mass is 32.1. The van der Waals surface area contributed by atoms with E-state index in [0.29, 0.717) is 18.0 Å². The lowest BCUT2D eigenvalue weighted by molar-refractivity contribution is -0.116. The van der Waals surface area contributed by atoms with Crippen molar-refractivity contribution in [1.29, 1.82) is 0 Å². The molecular formula is C14H18N2O3S. The van der Waals surface area contributed by atoms with Crippen LogP contribution in [0.3, 0.4) is 0 Å². The van der Waals surface area contributed by atoms with E-state index in [-0.39, 0.29) is 18.6 Å². The summed E-state index contributed by atoms with van der Waals surface area (Å²) in [5.41, 5.74) is 0. The number of nitrogens with one attached hydrogen (secondary N) is 1. The van der Waals surface area contributed by atoms with Crippen molar-refractivity contribution < 1.29 is 14.6 Å². The lowest BCUT2D eigenvalue weighted by atomic mass is 10.1. The molecule has 1 aromatic heterocycles. The average molecular weight is 294 g/mol. The largest absolute Gasteiger partial charge is 0.395 e. The molecule has 0 saturated carbocycles. The number of aliphatic hydroxyl groups is 1. The number of carbonyl (C=O) groups is 1. The molecule has 0 spiro atoms. The van der Waals surface area contributed by atoms with Gasteiger partial charge in [0.2, 0.25) is 5.91 Å². The second kappa shape index (κ2) is 8.00. The lowest BCUT2D eigenvalue weighted by Gasteiger charge is -2.07. The van der Waals surface area contributed by atoms with Crippen molar-refractivity contribution in [2.24, 2.45) is 0 Å². The summed E-state index contributed by atoms with van der Waals surface area (Å²) in [5, 5.41) is 12.0. The van der Waals surface area contributed by atoms with E-state index < -0.39 is 0 Å². The van der Waals surface area contributed by atoms with Gasteiger partial charge in [0.25, 0.3) is 0 Å². The summed E-state index contributed by atoms with van der Waals surface area (Å²) in [6.45, 7) is 0.868. The number of carbonyl (C=O) groups excluding carboxylic acids is 1. The van der Waals surface area contributed by atoms with Crippen molar-refractivity contribution >= 4 is 22.4 Å². The van der Waals surface area contributed by atoms with Gasteiger partial charge in [-0.1, -0.05) is 23.2 Å². The van der Waals surface area contributed by atoms with Crippen LogP contribution in [-0.2, 0) is 9.53 Å². The number of aromatic nitrogens is 1. The first kappa shape index (κ1) is 15.0. The Bertz CT molecular complexity index is 498. The molecule has 6 heteroatoms. The number of anilines is 1. The van der Waals surface area contributed by atoms with Gasteiger partial charge in [-0.3, -0.25) is 4.79 Å². The predicted molar refractivity (Wildman–Crippen MR) is 77.5 cm³/mol. The van der Waals surface area contributed by atoms with E-state index in [0.717, 1.165) is 30.7 Å². The molecule has 2 rings (SSSR count). The molecule has 1 unspecified atom stereocenters. The summed E-state index contributed by atoms with van der Waals surface area (Å²) in [6.07, 6.45) is 5.67. The Hall–Kier alpha value is -1.42. The molecule has 20 heavy (non-hydrogen) atoms. The third-order valence-electron chi connectivity index (χ3n) is 2.92. The van der Waals surface area contributed by atoms with Crippen molar-refractivity contribution in [3.63, 3.8) is 0 Å². The molecule has 108 valence electrons. The van der Waals surface area contributed by atoms with Gasteiger partial charge in [-0.05, 0) is 19.3 Å². The summed E-state index contributed by atoms with van der Waals surface area (Å²) >= 11 is 1.34. The summed E-state index contributed by atoms with van der Waals surface area (Å²) in [4.78, 5) is 16.7. The van der Waals surface area contributed by atoms with Gasteiger partial charge in [0.15, 0.2) is 5.13 Å². The standard InChI is InChI=1S/C14H18N2O3S/c17-8-2-1-5-12-10-15-14(20-12)16-13(18)7-6-11-4-3-9-19-11/h10-11,17H,2-4,6-9H2,(H,15,16,18). The quantitative estimate of drug-likeness (QED) is 0.812. The summed E-state index contributed by atoms with van der Waals surface area (Å²) in [6, 6.07) is 0. The number of aliphatic hydroxyl groups excluding tert-OH is 1. The Morgan fingerprint density at radius 3 is 3.30 bits per heavy atom. The van der Waals surface area contributed by atoms with Crippen molar-refractivity contribution in [2.45, 2.75) is 38.2 Å². The highest BCUT2D eigenvalue weighted by Crippen LogP contribution is 2.19. The molecule has 1 aliphatic rings. The zero-order valence-corrected chi connectivity index (χ0v) is 12.0. The zero-order valence-electron chi connectivity index (χ0n) is 11.2. The third kappa shape index (κ3) is 4.93. The Kier molecular flexibility index (Phi) is 5.99. The first-order valence-corrected chi connectivity index (χ1v) is 7.56. The summed E-state index contributed by atoms with van der Waals surface area (Å²) in [7, 11) is 0. The van der Waals surface area contributed by atoms with Crippen molar-refractivity contribution in [3.8, 4) is 11.8 Å². The van der Waals surface area contributed by atoms with Gasteiger partial charge in [0, 0.05) is 19.4 Å². The minimum atomic E-state index is -0.0373. The Labute approximate surface area is 122 Å². The fourth-order valence-electron chi connectivity index (χ4n) is 1.94. The number of amides is 1. The molecule has 1 fully saturated rings. The maximum Gasteiger partial charge on any atom is 0.226 e.